The van der Waals surface area contributed by atoms with Crippen LogP contribution in [0.15, 0.2) is 90.2 Å². The van der Waals surface area contributed by atoms with Crippen LogP contribution in [-0.2, 0) is 6.54 Å². The molecule has 0 aliphatic heterocycles. The topological polar surface area (TPSA) is 128 Å². The lowest BCUT2D eigenvalue weighted by atomic mass is 9.99. The highest BCUT2D eigenvalue weighted by molar-refractivity contribution is 6.04. The van der Waals surface area contributed by atoms with Gasteiger partial charge in [-0.2, -0.15) is 5.10 Å². The minimum absolute atomic E-state index is 0.0784. The highest BCUT2D eigenvalue weighted by Crippen LogP contribution is 2.29. The first-order valence-electron chi connectivity index (χ1n) is 14.8. The van der Waals surface area contributed by atoms with Crippen LogP contribution in [0, 0.1) is 0 Å². The lowest BCUT2D eigenvalue weighted by Gasteiger charge is -2.21. The van der Waals surface area contributed by atoms with Crippen molar-refractivity contribution in [2.24, 2.45) is 0 Å². The Morgan fingerprint density at radius 3 is 2.64 bits per heavy atom. The zero-order valence-electron chi connectivity index (χ0n) is 25.0. The average Bonchev–Trinajstić information content (AvgIpc) is 3.65. The van der Waals surface area contributed by atoms with E-state index in [2.05, 4.69) is 39.2 Å². The van der Waals surface area contributed by atoms with Gasteiger partial charge >= 0.3 is 0 Å². The van der Waals surface area contributed by atoms with Gasteiger partial charge in [0.05, 0.1) is 24.2 Å². The SMILES string of the molecule is CCN(CC)CCn1cc(-c2cccc3cc([C@@H](C)NC(=O)c4c(N)nn5cccnc45)n(-c4ccccc4)c(=O)c23)cn1. The van der Waals surface area contributed by atoms with Gasteiger partial charge in [-0.05, 0) is 55.2 Å². The predicted octanol–water partition coefficient (Wildman–Crippen LogP) is 4.31. The van der Waals surface area contributed by atoms with Crippen LogP contribution in [0.1, 0.15) is 42.9 Å². The summed E-state index contributed by atoms with van der Waals surface area (Å²) >= 11 is 0. The summed E-state index contributed by atoms with van der Waals surface area (Å²) in [4.78, 5) is 34.6. The Kier molecular flexibility index (Phi) is 7.95. The maximum Gasteiger partial charge on any atom is 0.263 e. The number of nitrogens with two attached hydrogens (primary N) is 1. The van der Waals surface area contributed by atoms with E-state index in [4.69, 9.17) is 5.73 Å². The van der Waals surface area contributed by atoms with E-state index >= 15 is 0 Å². The summed E-state index contributed by atoms with van der Waals surface area (Å²) in [6.07, 6.45) is 7.08. The van der Waals surface area contributed by atoms with Crippen molar-refractivity contribution in [2.75, 3.05) is 25.4 Å². The summed E-state index contributed by atoms with van der Waals surface area (Å²) < 4.78 is 5.06. The fraction of sp³-hybridized carbons (Fsp3) is 0.242. The molecule has 1 atom stereocenters. The number of pyridine rings is 1. The molecule has 0 fully saturated rings. The van der Waals surface area contributed by atoms with Gasteiger partial charge in [-0.15, -0.1) is 5.10 Å². The zero-order valence-corrected chi connectivity index (χ0v) is 25.0. The van der Waals surface area contributed by atoms with Crippen molar-refractivity contribution in [2.45, 2.75) is 33.4 Å². The van der Waals surface area contributed by atoms with Crippen molar-refractivity contribution in [3.8, 4) is 16.8 Å². The van der Waals surface area contributed by atoms with E-state index in [1.54, 1.807) is 23.0 Å². The van der Waals surface area contributed by atoms with E-state index in [-0.39, 0.29) is 16.9 Å². The minimum atomic E-state index is -0.565. The third kappa shape index (κ3) is 5.33. The third-order valence-electron chi connectivity index (χ3n) is 8.01. The van der Waals surface area contributed by atoms with Crippen LogP contribution >= 0.6 is 0 Å². The van der Waals surface area contributed by atoms with Crippen molar-refractivity contribution in [1.29, 1.82) is 0 Å². The molecule has 6 rings (SSSR count). The first-order valence-corrected chi connectivity index (χ1v) is 14.8. The molecule has 4 heterocycles. The van der Waals surface area contributed by atoms with Gasteiger partial charge in [0, 0.05) is 42.1 Å². The molecular formula is C33H35N9O2. The molecule has 0 saturated carbocycles. The number of benzene rings is 2. The molecule has 44 heavy (non-hydrogen) atoms. The number of hydrogen-bond donors (Lipinski definition) is 2. The number of rotatable bonds is 10. The fourth-order valence-electron chi connectivity index (χ4n) is 5.66. The molecule has 224 valence electrons. The van der Waals surface area contributed by atoms with Gasteiger partial charge in [0.15, 0.2) is 11.5 Å². The zero-order chi connectivity index (χ0) is 30.8. The molecule has 6 aromatic rings. The number of fused-ring (bicyclic) bond motifs is 2. The average molecular weight is 590 g/mol. The second-order valence-electron chi connectivity index (χ2n) is 10.7. The predicted molar refractivity (Wildman–Crippen MR) is 172 cm³/mol. The number of likely N-dealkylation sites (N-methyl/N-ethyl adjacent to an activating group) is 1. The van der Waals surface area contributed by atoms with Gasteiger partial charge in [0.1, 0.15) is 5.56 Å². The van der Waals surface area contributed by atoms with Crippen LogP contribution in [0.2, 0.25) is 0 Å². The summed E-state index contributed by atoms with van der Waals surface area (Å²) in [6.45, 7) is 9.77. The molecule has 1 amide bonds. The minimum Gasteiger partial charge on any atom is -0.381 e. The number of amides is 1. The molecule has 2 aromatic carbocycles. The van der Waals surface area contributed by atoms with Crippen LogP contribution in [0.4, 0.5) is 5.82 Å². The first-order chi connectivity index (χ1) is 21.4. The quantitative estimate of drug-likeness (QED) is 0.244. The van der Waals surface area contributed by atoms with E-state index in [1.165, 1.54) is 4.52 Å². The Bertz CT molecular complexity index is 2010. The lowest BCUT2D eigenvalue weighted by molar-refractivity contribution is 0.0941. The molecule has 11 nitrogen and oxygen atoms in total. The Balaban J connectivity index is 1.42. The monoisotopic (exact) mass is 589 g/mol. The molecule has 11 heteroatoms. The second kappa shape index (κ2) is 12.1. The van der Waals surface area contributed by atoms with Crippen molar-refractivity contribution in [3.63, 3.8) is 0 Å². The Morgan fingerprint density at radius 2 is 1.86 bits per heavy atom. The van der Waals surface area contributed by atoms with Gasteiger partial charge in [0.25, 0.3) is 11.5 Å². The summed E-state index contributed by atoms with van der Waals surface area (Å²) in [7, 11) is 0. The molecule has 0 aliphatic carbocycles. The summed E-state index contributed by atoms with van der Waals surface area (Å²) in [5.41, 5.74) is 9.46. The van der Waals surface area contributed by atoms with E-state index in [0.29, 0.717) is 22.4 Å². The third-order valence-corrected chi connectivity index (χ3v) is 8.01. The molecule has 0 unspecified atom stereocenters. The van der Waals surface area contributed by atoms with Gasteiger partial charge in [-0.25, -0.2) is 9.50 Å². The summed E-state index contributed by atoms with van der Waals surface area (Å²) in [5.74, 6) is -0.351. The van der Waals surface area contributed by atoms with Crippen LogP contribution < -0.4 is 16.6 Å². The number of para-hydroxylation sites is 1. The highest BCUT2D eigenvalue weighted by Gasteiger charge is 2.24. The van der Waals surface area contributed by atoms with Crippen LogP contribution in [0.25, 0.3) is 33.2 Å². The molecule has 0 saturated heterocycles. The van der Waals surface area contributed by atoms with E-state index < -0.39 is 11.9 Å². The van der Waals surface area contributed by atoms with Crippen molar-refractivity contribution in [3.05, 3.63) is 107 Å². The molecule has 0 radical (unpaired) electrons. The summed E-state index contributed by atoms with van der Waals surface area (Å²) in [6, 6.07) is 18.4. The van der Waals surface area contributed by atoms with Crippen LogP contribution in [0.5, 0.6) is 0 Å². The highest BCUT2D eigenvalue weighted by atomic mass is 16.2. The molecule has 4 aromatic heterocycles. The molecule has 0 bridgehead atoms. The van der Waals surface area contributed by atoms with E-state index in [1.807, 2.05) is 78.6 Å². The number of nitrogen functional groups attached to an aromatic ring is 1. The standard InChI is InChI=1S/C33H35N9O2/c1-4-39(5-2)17-18-40-21-24(20-36-40)26-14-9-11-23-19-27(42(33(44)28(23)26)25-12-7-6-8-13-25)22(3)37-32(43)29-30(34)38-41-16-10-15-35-31(29)41/h6-16,19-22H,4-5,17-18H2,1-3H3,(H2,34,38)(H,37,43)/t22-/m1/s1. The molecular weight excluding hydrogens is 554 g/mol. The fourth-order valence-corrected chi connectivity index (χ4v) is 5.66. The molecule has 0 aliphatic rings. The van der Waals surface area contributed by atoms with Crippen LogP contribution in [-0.4, -0.2) is 59.4 Å². The largest absolute Gasteiger partial charge is 0.381 e. The van der Waals surface area contributed by atoms with Crippen LogP contribution in [0.3, 0.4) is 0 Å². The van der Waals surface area contributed by atoms with Crippen molar-refractivity contribution in [1.82, 2.24) is 39.2 Å². The second-order valence-corrected chi connectivity index (χ2v) is 10.7. The Hall–Kier alpha value is -5.29. The Morgan fingerprint density at radius 1 is 1.07 bits per heavy atom. The normalized spacial score (nSPS) is 12.3. The number of nitrogens with zero attached hydrogens (tertiary/aromatic N) is 7. The number of anilines is 1. The molecule has 3 N–H and O–H groups in total. The lowest BCUT2D eigenvalue weighted by Crippen LogP contribution is -2.32. The van der Waals surface area contributed by atoms with Gasteiger partial charge in [-0.1, -0.05) is 50.2 Å². The summed E-state index contributed by atoms with van der Waals surface area (Å²) in [5, 5.41) is 13.2. The van der Waals surface area contributed by atoms with Gasteiger partial charge < -0.3 is 16.0 Å². The number of carbonyl (C=O) groups is 1. The number of nitrogens with one attached hydrogen (secondary N) is 1. The van der Waals surface area contributed by atoms with E-state index in [9.17, 15) is 9.59 Å². The maximum atomic E-state index is 14.5. The number of hydrogen-bond acceptors (Lipinski definition) is 7. The van der Waals surface area contributed by atoms with Crippen molar-refractivity contribution < 1.29 is 4.79 Å². The number of carbonyl (C=O) groups excluding carboxylic acids is 1. The maximum absolute atomic E-state index is 14.5. The molecule has 0 spiro atoms. The van der Waals surface area contributed by atoms with Gasteiger partial charge in [-0.3, -0.25) is 18.8 Å². The Labute approximate surface area is 254 Å². The first kappa shape index (κ1) is 28.8. The van der Waals surface area contributed by atoms with E-state index in [0.717, 1.165) is 42.7 Å². The number of aromatic nitrogens is 6. The van der Waals surface area contributed by atoms with Crippen molar-refractivity contribution >= 4 is 28.1 Å². The van der Waals surface area contributed by atoms with Gasteiger partial charge in [0.2, 0.25) is 0 Å². The smallest absolute Gasteiger partial charge is 0.263 e.